The molecule has 0 saturated carbocycles. The number of rotatable bonds is 10. The van der Waals surface area contributed by atoms with Gasteiger partial charge in [-0.25, -0.2) is 13.1 Å². The van der Waals surface area contributed by atoms with E-state index in [-0.39, 0.29) is 10.8 Å². The third-order valence-electron chi connectivity index (χ3n) is 5.30. The minimum atomic E-state index is -3.75. The molecule has 7 nitrogen and oxygen atoms in total. The van der Waals surface area contributed by atoms with Crippen LogP contribution in [-0.4, -0.2) is 37.3 Å². The molecule has 0 aliphatic rings. The first-order valence-corrected chi connectivity index (χ1v) is 12.4. The predicted molar refractivity (Wildman–Crippen MR) is 127 cm³/mol. The lowest BCUT2D eigenvalue weighted by molar-refractivity contribution is 0.0773. The zero-order valence-electron chi connectivity index (χ0n) is 19.1. The van der Waals surface area contributed by atoms with E-state index in [9.17, 15) is 13.2 Å². The average Bonchev–Trinajstić information content (AvgIpc) is 2.84. The van der Waals surface area contributed by atoms with Gasteiger partial charge in [-0.1, -0.05) is 18.2 Å². The standard InChI is InChI=1S/C25H29N3O4S/c1-4-28(5-2)25(29)22-10-14-24(15-11-22)33(30,31)27-19(3)21-8-12-23(13-9-21)32-18-20-7-6-16-26-17-20/h6-17,19,27H,4-5,18H2,1-3H3. The SMILES string of the molecule is CCN(CC)C(=O)c1ccc(S(=O)(=O)NC(C)c2ccc(OCc3cccnc3)cc2)cc1. The van der Waals surface area contributed by atoms with Gasteiger partial charge in [-0.2, -0.15) is 0 Å². The third kappa shape index (κ3) is 6.40. The van der Waals surface area contributed by atoms with Crippen molar-refractivity contribution in [1.29, 1.82) is 0 Å². The monoisotopic (exact) mass is 467 g/mol. The molecule has 1 heterocycles. The van der Waals surface area contributed by atoms with Crippen LogP contribution in [0.25, 0.3) is 0 Å². The summed E-state index contributed by atoms with van der Waals surface area (Å²) in [6.07, 6.45) is 3.46. The largest absolute Gasteiger partial charge is 0.489 e. The summed E-state index contributed by atoms with van der Waals surface area (Å²) < 4.78 is 34.1. The fourth-order valence-corrected chi connectivity index (χ4v) is 4.57. The highest BCUT2D eigenvalue weighted by atomic mass is 32.2. The summed E-state index contributed by atoms with van der Waals surface area (Å²) in [6, 6.07) is 16.6. The van der Waals surface area contributed by atoms with Crippen molar-refractivity contribution < 1.29 is 17.9 Å². The zero-order valence-corrected chi connectivity index (χ0v) is 19.9. The molecule has 0 aliphatic carbocycles. The van der Waals surface area contributed by atoms with Gasteiger partial charge in [-0.3, -0.25) is 9.78 Å². The smallest absolute Gasteiger partial charge is 0.253 e. The predicted octanol–water partition coefficient (Wildman–Crippen LogP) is 4.18. The van der Waals surface area contributed by atoms with E-state index in [0.717, 1.165) is 11.1 Å². The quantitative estimate of drug-likeness (QED) is 0.483. The fraction of sp³-hybridized carbons (Fsp3) is 0.280. The molecule has 0 radical (unpaired) electrons. The molecule has 3 aromatic rings. The van der Waals surface area contributed by atoms with Gasteiger partial charge in [0.2, 0.25) is 10.0 Å². The number of benzene rings is 2. The first-order chi connectivity index (χ1) is 15.8. The van der Waals surface area contributed by atoms with Crippen molar-refractivity contribution in [3.8, 4) is 5.75 Å². The lowest BCUT2D eigenvalue weighted by atomic mass is 10.1. The first kappa shape index (κ1) is 24.4. The van der Waals surface area contributed by atoms with Crippen LogP contribution in [-0.2, 0) is 16.6 Å². The van der Waals surface area contributed by atoms with Crippen molar-refractivity contribution >= 4 is 15.9 Å². The van der Waals surface area contributed by atoms with Gasteiger partial charge < -0.3 is 9.64 Å². The van der Waals surface area contributed by atoms with E-state index in [0.29, 0.717) is 31.0 Å². The summed E-state index contributed by atoms with van der Waals surface area (Å²) >= 11 is 0. The van der Waals surface area contributed by atoms with Crippen LogP contribution >= 0.6 is 0 Å². The molecule has 174 valence electrons. The van der Waals surface area contributed by atoms with Crippen LogP contribution < -0.4 is 9.46 Å². The van der Waals surface area contributed by atoms with Crippen molar-refractivity contribution in [2.45, 2.75) is 38.3 Å². The number of aromatic nitrogens is 1. The molecule has 0 fully saturated rings. The van der Waals surface area contributed by atoms with Gasteiger partial charge in [0.15, 0.2) is 0 Å². The Kier molecular flexibility index (Phi) is 8.19. The lowest BCUT2D eigenvalue weighted by Gasteiger charge is -2.19. The molecule has 0 saturated heterocycles. The van der Waals surface area contributed by atoms with Crippen molar-refractivity contribution in [3.63, 3.8) is 0 Å². The molecule has 1 aromatic heterocycles. The summed E-state index contributed by atoms with van der Waals surface area (Å²) in [5.74, 6) is 0.572. The van der Waals surface area contributed by atoms with Crippen molar-refractivity contribution in [1.82, 2.24) is 14.6 Å². The third-order valence-corrected chi connectivity index (χ3v) is 6.86. The Hall–Kier alpha value is -3.23. The highest BCUT2D eigenvalue weighted by Gasteiger charge is 2.20. The number of hydrogen-bond donors (Lipinski definition) is 1. The number of nitrogens with one attached hydrogen (secondary N) is 1. The number of ether oxygens (including phenoxy) is 1. The van der Waals surface area contributed by atoms with Gasteiger partial charge in [0.25, 0.3) is 5.91 Å². The van der Waals surface area contributed by atoms with Crippen LogP contribution in [0.15, 0.2) is 78.0 Å². The number of nitrogens with zero attached hydrogens (tertiary/aromatic N) is 2. The van der Waals surface area contributed by atoms with E-state index < -0.39 is 16.1 Å². The fourth-order valence-electron chi connectivity index (χ4n) is 3.34. The molecule has 1 unspecified atom stereocenters. The van der Waals surface area contributed by atoms with Gasteiger partial charge in [0.05, 0.1) is 4.90 Å². The second-order valence-electron chi connectivity index (χ2n) is 7.56. The summed E-state index contributed by atoms with van der Waals surface area (Å²) in [5.41, 5.74) is 2.24. The number of hydrogen-bond acceptors (Lipinski definition) is 5. The van der Waals surface area contributed by atoms with Crippen molar-refractivity contribution in [3.05, 3.63) is 89.7 Å². The maximum Gasteiger partial charge on any atom is 0.253 e. The Bertz CT molecular complexity index is 1140. The van der Waals surface area contributed by atoms with E-state index in [4.69, 9.17) is 4.74 Å². The highest BCUT2D eigenvalue weighted by molar-refractivity contribution is 7.89. The molecular formula is C25H29N3O4S. The molecule has 1 atom stereocenters. The molecule has 33 heavy (non-hydrogen) atoms. The van der Waals surface area contributed by atoms with Gasteiger partial charge in [-0.15, -0.1) is 0 Å². The zero-order chi connectivity index (χ0) is 23.8. The Morgan fingerprint density at radius 1 is 1.03 bits per heavy atom. The van der Waals surface area contributed by atoms with Crippen LogP contribution in [0.1, 0.15) is 48.3 Å². The van der Waals surface area contributed by atoms with E-state index in [1.165, 1.54) is 12.1 Å². The highest BCUT2D eigenvalue weighted by Crippen LogP contribution is 2.21. The number of sulfonamides is 1. The van der Waals surface area contributed by atoms with Gasteiger partial charge in [0, 0.05) is 42.7 Å². The van der Waals surface area contributed by atoms with Gasteiger partial charge in [-0.05, 0) is 68.8 Å². The number of carbonyl (C=O) groups is 1. The molecule has 8 heteroatoms. The minimum absolute atomic E-state index is 0.113. The Balaban J connectivity index is 1.62. The average molecular weight is 468 g/mol. The second kappa shape index (κ2) is 11.1. The molecule has 0 spiro atoms. The molecule has 0 bridgehead atoms. The van der Waals surface area contributed by atoms with Gasteiger partial charge >= 0.3 is 0 Å². The van der Waals surface area contributed by atoms with E-state index in [1.54, 1.807) is 36.4 Å². The van der Waals surface area contributed by atoms with E-state index in [2.05, 4.69) is 9.71 Å². The van der Waals surface area contributed by atoms with Gasteiger partial charge in [0.1, 0.15) is 12.4 Å². The molecule has 2 aromatic carbocycles. The lowest BCUT2D eigenvalue weighted by Crippen LogP contribution is -2.30. The van der Waals surface area contributed by atoms with Crippen LogP contribution in [0.4, 0.5) is 0 Å². The molecular weight excluding hydrogens is 438 g/mol. The number of pyridine rings is 1. The molecule has 3 rings (SSSR count). The Labute approximate surface area is 195 Å². The summed E-state index contributed by atoms with van der Waals surface area (Å²) in [5, 5.41) is 0. The minimum Gasteiger partial charge on any atom is -0.489 e. The summed E-state index contributed by atoms with van der Waals surface area (Å²) in [7, 11) is -3.75. The Morgan fingerprint density at radius 2 is 1.70 bits per heavy atom. The number of carbonyl (C=O) groups excluding carboxylic acids is 1. The maximum atomic E-state index is 12.8. The normalized spacial score (nSPS) is 12.2. The molecule has 0 aliphatic heterocycles. The van der Waals surface area contributed by atoms with E-state index >= 15 is 0 Å². The first-order valence-electron chi connectivity index (χ1n) is 10.9. The molecule has 1 amide bonds. The topological polar surface area (TPSA) is 88.6 Å². The van der Waals surface area contributed by atoms with Crippen molar-refractivity contribution in [2.75, 3.05) is 13.1 Å². The van der Waals surface area contributed by atoms with Crippen LogP contribution in [0.3, 0.4) is 0 Å². The summed E-state index contributed by atoms with van der Waals surface area (Å²) in [4.78, 5) is 18.3. The van der Waals surface area contributed by atoms with Crippen molar-refractivity contribution in [2.24, 2.45) is 0 Å². The van der Waals surface area contributed by atoms with Crippen LogP contribution in [0.2, 0.25) is 0 Å². The maximum absolute atomic E-state index is 12.8. The Morgan fingerprint density at radius 3 is 2.27 bits per heavy atom. The number of amides is 1. The van der Waals surface area contributed by atoms with Crippen LogP contribution in [0, 0.1) is 0 Å². The van der Waals surface area contributed by atoms with Crippen LogP contribution in [0.5, 0.6) is 5.75 Å². The summed E-state index contributed by atoms with van der Waals surface area (Å²) in [6.45, 7) is 7.20. The second-order valence-corrected chi connectivity index (χ2v) is 9.28. The molecule has 1 N–H and O–H groups in total. The van der Waals surface area contributed by atoms with E-state index in [1.807, 2.05) is 50.2 Å².